The number of piperidine rings is 1. The number of carbonyl (C=O) groups excluding carboxylic acids is 1. The summed E-state index contributed by atoms with van der Waals surface area (Å²) in [7, 11) is -3.19. The van der Waals surface area contributed by atoms with E-state index in [1.807, 2.05) is 19.1 Å². The molecule has 1 aromatic heterocycles. The summed E-state index contributed by atoms with van der Waals surface area (Å²) in [6.45, 7) is 3.51. The standard InChI is InChI=1S/C21H27N3O5S/c1-3-28-20-14-17(4-5-19(20)29-15-16-6-10-22-11-7-16)21(25)23-18-8-12-24(13-9-18)30(2,26)27/h4-7,10-11,14,18H,3,8-9,12-13,15H2,1-2H3,(H,23,25). The molecule has 2 heterocycles. The van der Waals surface area contributed by atoms with Crippen LogP contribution in [0.3, 0.4) is 0 Å². The molecule has 1 saturated heterocycles. The molecule has 8 nitrogen and oxygen atoms in total. The zero-order valence-electron chi connectivity index (χ0n) is 17.2. The van der Waals surface area contributed by atoms with Gasteiger partial charge in [-0.2, -0.15) is 0 Å². The van der Waals surface area contributed by atoms with Gasteiger partial charge in [0.2, 0.25) is 10.0 Å². The van der Waals surface area contributed by atoms with Gasteiger partial charge in [0.05, 0.1) is 12.9 Å². The lowest BCUT2D eigenvalue weighted by molar-refractivity contribution is 0.0923. The van der Waals surface area contributed by atoms with Crippen LogP contribution in [0.5, 0.6) is 11.5 Å². The molecule has 0 bridgehead atoms. The average Bonchev–Trinajstić information content (AvgIpc) is 2.73. The molecule has 30 heavy (non-hydrogen) atoms. The Balaban J connectivity index is 1.62. The Morgan fingerprint density at radius 1 is 1.13 bits per heavy atom. The van der Waals surface area contributed by atoms with Crippen molar-refractivity contribution in [2.45, 2.75) is 32.4 Å². The van der Waals surface area contributed by atoms with E-state index in [9.17, 15) is 13.2 Å². The van der Waals surface area contributed by atoms with E-state index in [0.717, 1.165) is 5.56 Å². The summed E-state index contributed by atoms with van der Waals surface area (Å²) in [5, 5.41) is 2.99. The maximum atomic E-state index is 12.7. The zero-order valence-corrected chi connectivity index (χ0v) is 18.0. The molecule has 0 unspecified atom stereocenters. The van der Waals surface area contributed by atoms with Crippen LogP contribution in [0.25, 0.3) is 0 Å². The second kappa shape index (κ2) is 9.90. The highest BCUT2D eigenvalue weighted by molar-refractivity contribution is 7.88. The molecule has 9 heteroatoms. The quantitative estimate of drug-likeness (QED) is 0.686. The summed E-state index contributed by atoms with van der Waals surface area (Å²) < 4.78 is 36.2. The molecule has 1 fully saturated rings. The van der Waals surface area contributed by atoms with Crippen LogP contribution in [-0.4, -0.2) is 55.6 Å². The first-order chi connectivity index (χ1) is 14.4. The molecule has 0 saturated carbocycles. The van der Waals surface area contributed by atoms with Gasteiger partial charge in [-0.3, -0.25) is 9.78 Å². The van der Waals surface area contributed by atoms with Gasteiger partial charge in [-0.25, -0.2) is 12.7 Å². The number of nitrogens with one attached hydrogen (secondary N) is 1. The fourth-order valence-corrected chi connectivity index (χ4v) is 4.15. The fraction of sp³-hybridized carbons (Fsp3) is 0.429. The van der Waals surface area contributed by atoms with Crippen molar-refractivity contribution in [1.29, 1.82) is 0 Å². The Labute approximate surface area is 177 Å². The molecule has 1 aliphatic rings. The molecule has 3 rings (SSSR count). The molecule has 0 aliphatic carbocycles. The zero-order chi connectivity index (χ0) is 21.6. The van der Waals surface area contributed by atoms with E-state index in [4.69, 9.17) is 9.47 Å². The van der Waals surface area contributed by atoms with Crippen LogP contribution in [0, 0.1) is 0 Å². The maximum Gasteiger partial charge on any atom is 0.251 e. The summed E-state index contributed by atoms with van der Waals surface area (Å²) in [6.07, 6.45) is 5.79. The second-order valence-electron chi connectivity index (χ2n) is 7.15. The van der Waals surface area contributed by atoms with Gasteiger partial charge in [0.25, 0.3) is 5.91 Å². The number of sulfonamides is 1. The number of pyridine rings is 1. The van der Waals surface area contributed by atoms with Crippen LogP contribution in [-0.2, 0) is 16.6 Å². The van der Waals surface area contributed by atoms with Crippen molar-refractivity contribution in [3.8, 4) is 11.5 Å². The van der Waals surface area contributed by atoms with Gasteiger partial charge in [0.15, 0.2) is 11.5 Å². The van der Waals surface area contributed by atoms with Gasteiger partial charge in [0, 0.05) is 37.1 Å². The minimum Gasteiger partial charge on any atom is -0.490 e. The van der Waals surface area contributed by atoms with Crippen LogP contribution in [0.15, 0.2) is 42.7 Å². The number of amides is 1. The first-order valence-corrected chi connectivity index (χ1v) is 11.8. The Morgan fingerprint density at radius 3 is 2.47 bits per heavy atom. The molecule has 1 aromatic carbocycles. The van der Waals surface area contributed by atoms with E-state index in [0.29, 0.717) is 56.2 Å². The molecule has 0 atom stereocenters. The largest absolute Gasteiger partial charge is 0.490 e. The Bertz CT molecular complexity index is 958. The van der Waals surface area contributed by atoms with Crippen molar-refractivity contribution in [1.82, 2.24) is 14.6 Å². The lowest BCUT2D eigenvalue weighted by Crippen LogP contribution is -2.46. The number of benzene rings is 1. The smallest absolute Gasteiger partial charge is 0.251 e. The van der Waals surface area contributed by atoms with Gasteiger partial charge in [-0.1, -0.05) is 0 Å². The molecule has 1 N–H and O–H groups in total. The SMILES string of the molecule is CCOc1cc(C(=O)NC2CCN(S(C)(=O)=O)CC2)ccc1OCc1ccncc1. The van der Waals surface area contributed by atoms with Crippen LogP contribution < -0.4 is 14.8 Å². The van der Waals surface area contributed by atoms with E-state index in [1.54, 1.807) is 30.6 Å². The number of carbonyl (C=O) groups is 1. The minimum atomic E-state index is -3.19. The third-order valence-corrected chi connectivity index (χ3v) is 6.21. The highest BCUT2D eigenvalue weighted by Gasteiger charge is 2.26. The second-order valence-corrected chi connectivity index (χ2v) is 9.13. The van der Waals surface area contributed by atoms with Crippen molar-refractivity contribution < 1.29 is 22.7 Å². The first kappa shape index (κ1) is 22.0. The normalized spacial score (nSPS) is 15.5. The molecule has 0 radical (unpaired) electrons. The predicted octanol–water partition coefficient (Wildman–Crippen LogP) is 2.21. The summed E-state index contributed by atoms with van der Waals surface area (Å²) in [5.74, 6) is 0.854. The van der Waals surface area contributed by atoms with Gasteiger partial charge >= 0.3 is 0 Å². The monoisotopic (exact) mass is 433 g/mol. The summed E-state index contributed by atoms with van der Waals surface area (Å²) >= 11 is 0. The number of nitrogens with zero attached hydrogens (tertiary/aromatic N) is 2. The highest BCUT2D eigenvalue weighted by atomic mass is 32.2. The van der Waals surface area contributed by atoms with Crippen LogP contribution in [0.2, 0.25) is 0 Å². The van der Waals surface area contributed by atoms with Crippen LogP contribution >= 0.6 is 0 Å². The Morgan fingerprint density at radius 2 is 1.83 bits per heavy atom. The highest BCUT2D eigenvalue weighted by Crippen LogP contribution is 2.29. The van der Waals surface area contributed by atoms with Crippen molar-refractivity contribution in [3.63, 3.8) is 0 Å². The fourth-order valence-electron chi connectivity index (χ4n) is 3.28. The topological polar surface area (TPSA) is 97.8 Å². The van der Waals surface area contributed by atoms with E-state index >= 15 is 0 Å². The van der Waals surface area contributed by atoms with Crippen LogP contribution in [0.1, 0.15) is 35.7 Å². The molecular weight excluding hydrogens is 406 g/mol. The third-order valence-electron chi connectivity index (χ3n) is 4.91. The molecule has 1 aliphatic heterocycles. The first-order valence-electron chi connectivity index (χ1n) is 9.91. The lowest BCUT2D eigenvalue weighted by Gasteiger charge is -2.30. The number of hydrogen-bond donors (Lipinski definition) is 1. The van der Waals surface area contributed by atoms with Crippen LogP contribution in [0.4, 0.5) is 0 Å². The van der Waals surface area contributed by atoms with Crippen molar-refractivity contribution >= 4 is 15.9 Å². The van der Waals surface area contributed by atoms with Gasteiger partial charge in [-0.15, -0.1) is 0 Å². The van der Waals surface area contributed by atoms with E-state index in [-0.39, 0.29) is 11.9 Å². The Kier molecular flexibility index (Phi) is 7.28. The molecule has 0 spiro atoms. The Hall–Kier alpha value is -2.65. The summed E-state index contributed by atoms with van der Waals surface area (Å²) in [5.41, 5.74) is 1.45. The third kappa shape index (κ3) is 5.93. The maximum absolute atomic E-state index is 12.7. The van der Waals surface area contributed by atoms with Gasteiger partial charge in [-0.05, 0) is 55.7 Å². The molecule has 2 aromatic rings. The van der Waals surface area contributed by atoms with E-state index < -0.39 is 10.0 Å². The summed E-state index contributed by atoms with van der Waals surface area (Å²) in [6, 6.07) is 8.79. The predicted molar refractivity (Wildman–Crippen MR) is 113 cm³/mol. The van der Waals surface area contributed by atoms with E-state index in [1.165, 1.54) is 10.6 Å². The number of ether oxygens (including phenoxy) is 2. The minimum absolute atomic E-state index is 0.0614. The van der Waals surface area contributed by atoms with Gasteiger partial charge < -0.3 is 14.8 Å². The molecule has 162 valence electrons. The van der Waals surface area contributed by atoms with Gasteiger partial charge in [0.1, 0.15) is 6.61 Å². The van der Waals surface area contributed by atoms with Crippen molar-refractivity contribution in [2.24, 2.45) is 0 Å². The summed E-state index contributed by atoms with van der Waals surface area (Å²) in [4.78, 5) is 16.7. The van der Waals surface area contributed by atoms with Crippen molar-refractivity contribution in [2.75, 3.05) is 26.0 Å². The lowest BCUT2D eigenvalue weighted by atomic mass is 10.1. The average molecular weight is 434 g/mol. The number of hydrogen-bond acceptors (Lipinski definition) is 6. The van der Waals surface area contributed by atoms with Crippen molar-refractivity contribution in [3.05, 3.63) is 53.9 Å². The van der Waals surface area contributed by atoms with E-state index in [2.05, 4.69) is 10.3 Å². The number of rotatable bonds is 8. The molecule has 1 amide bonds. The molecular formula is C21H27N3O5S. The number of aromatic nitrogens is 1.